The molecule has 0 spiro atoms. The molecule has 4 aliphatic rings. The lowest BCUT2D eigenvalue weighted by molar-refractivity contribution is -0.373. The number of rotatable bonds is 6. The molecule has 7 N–H and O–H groups in total. The van der Waals surface area contributed by atoms with Gasteiger partial charge in [-0.2, -0.15) is 0 Å². The van der Waals surface area contributed by atoms with Crippen LogP contribution in [0.4, 0.5) is 0 Å². The zero-order chi connectivity index (χ0) is 28.8. The van der Waals surface area contributed by atoms with Gasteiger partial charge < -0.3 is 68.9 Å². The van der Waals surface area contributed by atoms with Crippen molar-refractivity contribution < 1.29 is 68.9 Å². The molecule has 226 valence electrons. The maximum atomic E-state index is 11.1. The molecule has 14 nitrogen and oxygen atoms in total. The topological polar surface area (TPSA) is 206 Å². The number of ether oxygens (including phenoxy) is 7. The van der Waals surface area contributed by atoms with E-state index >= 15 is 0 Å². The Labute approximate surface area is 226 Å². The summed E-state index contributed by atoms with van der Waals surface area (Å²) in [6.07, 6.45) is -17.6. The van der Waals surface area contributed by atoms with Crippen LogP contribution in [0, 0.1) is 0 Å². The molecular formula is C25H42O14. The first kappa shape index (κ1) is 31.1. The quantitative estimate of drug-likeness (QED) is 0.163. The minimum atomic E-state index is -1.63. The molecule has 0 amide bonds. The van der Waals surface area contributed by atoms with Gasteiger partial charge in [0.1, 0.15) is 54.9 Å². The van der Waals surface area contributed by atoms with Crippen LogP contribution in [0.15, 0.2) is 12.2 Å². The van der Waals surface area contributed by atoms with E-state index in [1.54, 1.807) is 20.8 Å². The first-order chi connectivity index (χ1) is 18.3. The molecule has 0 aromatic rings. The largest absolute Gasteiger partial charge is 0.388 e. The number of aliphatic hydroxyl groups is 7. The van der Waals surface area contributed by atoms with Gasteiger partial charge in [-0.05, 0) is 40.7 Å². The van der Waals surface area contributed by atoms with E-state index in [1.165, 1.54) is 26.0 Å². The minimum Gasteiger partial charge on any atom is -0.388 e. The van der Waals surface area contributed by atoms with Gasteiger partial charge in [-0.1, -0.05) is 6.08 Å². The van der Waals surface area contributed by atoms with E-state index in [9.17, 15) is 35.7 Å². The highest BCUT2D eigenvalue weighted by Gasteiger charge is 2.52. The Morgan fingerprint density at radius 1 is 0.436 bits per heavy atom. The van der Waals surface area contributed by atoms with Crippen molar-refractivity contribution in [1.82, 2.24) is 0 Å². The monoisotopic (exact) mass is 566 g/mol. The van der Waals surface area contributed by atoms with E-state index < -0.39 is 110 Å². The van der Waals surface area contributed by atoms with Gasteiger partial charge in [0.05, 0.1) is 36.6 Å². The van der Waals surface area contributed by atoms with Gasteiger partial charge in [-0.15, -0.1) is 0 Å². The average Bonchev–Trinajstić information content (AvgIpc) is 2.89. The highest BCUT2D eigenvalue weighted by molar-refractivity contribution is 5.00. The van der Waals surface area contributed by atoms with Gasteiger partial charge in [0.2, 0.25) is 0 Å². The molecule has 39 heavy (non-hydrogen) atoms. The lowest BCUT2D eigenvalue weighted by Gasteiger charge is -2.48. The van der Waals surface area contributed by atoms with Crippen LogP contribution in [-0.4, -0.2) is 146 Å². The molecule has 4 rings (SSSR count). The van der Waals surface area contributed by atoms with E-state index in [-0.39, 0.29) is 0 Å². The van der Waals surface area contributed by atoms with Gasteiger partial charge in [-0.3, -0.25) is 0 Å². The van der Waals surface area contributed by atoms with Gasteiger partial charge in [0, 0.05) is 0 Å². The molecular weight excluding hydrogens is 524 g/mol. The Kier molecular flexibility index (Phi) is 10.0. The molecule has 0 aromatic heterocycles. The van der Waals surface area contributed by atoms with Crippen LogP contribution in [0.1, 0.15) is 34.6 Å². The van der Waals surface area contributed by atoms with E-state index in [0.717, 1.165) is 0 Å². The van der Waals surface area contributed by atoms with Gasteiger partial charge >= 0.3 is 0 Å². The third kappa shape index (κ3) is 6.49. The second kappa shape index (κ2) is 12.6. The predicted octanol–water partition coefficient (Wildman–Crippen LogP) is -2.73. The van der Waals surface area contributed by atoms with Crippen LogP contribution in [-0.2, 0) is 33.2 Å². The zero-order valence-electron chi connectivity index (χ0n) is 22.5. The first-order valence-corrected chi connectivity index (χ1v) is 13.3. The fourth-order valence-corrected chi connectivity index (χ4v) is 5.18. The fraction of sp³-hybridized carbons (Fsp3) is 0.920. The second-order valence-electron chi connectivity index (χ2n) is 10.8. The first-order valence-electron chi connectivity index (χ1n) is 13.3. The van der Waals surface area contributed by atoms with Crippen molar-refractivity contribution >= 4 is 0 Å². The van der Waals surface area contributed by atoms with Crippen molar-refractivity contribution in [2.45, 2.75) is 145 Å². The van der Waals surface area contributed by atoms with E-state index in [0.29, 0.717) is 0 Å². The highest BCUT2D eigenvalue weighted by Crippen LogP contribution is 2.33. The smallest absolute Gasteiger partial charge is 0.187 e. The maximum Gasteiger partial charge on any atom is 0.187 e. The van der Waals surface area contributed by atoms with Crippen molar-refractivity contribution in [2.75, 3.05) is 0 Å². The summed E-state index contributed by atoms with van der Waals surface area (Å²) in [4.78, 5) is 0. The number of aliphatic hydroxyl groups excluding tert-OH is 7. The Morgan fingerprint density at radius 2 is 0.821 bits per heavy atom. The van der Waals surface area contributed by atoms with Crippen LogP contribution < -0.4 is 0 Å². The van der Waals surface area contributed by atoms with Gasteiger partial charge in [0.15, 0.2) is 18.9 Å². The van der Waals surface area contributed by atoms with Crippen LogP contribution in [0.2, 0.25) is 0 Å². The Bertz CT molecular complexity index is 817. The lowest BCUT2D eigenvalue weighted by Crippen LogP contribution is -2.65. The molecule has 9 unspecified atom stereocenters. The third-order valence-corrected chi connectivity index (χ3v) is 7.80. The average molecular weight is 567 g/mol. The molecule has 3 fully saturated rings. The van der Waals surface area contributed by atoms with Crippen LogP contribution in [0.25, 0.3) is 0 Å². The molecule has 0 aliphatic carbocycles. The van der Waals surface area contributed by atoms with Gasteiger partial charge in [0.25, 0.3) is 0 Å². The van der Waals surface area contributed by atoms with Crippen molar-refractivity contribution in [2.24, 2.45) is 0 Å². The highest BCUT2D eigenvalue weighted by atomic mass is 16.7. The molecule has 4 heterocycles. The van der Waals surface area contributed by atoms with Crippen LogP contribution in [0.3, 0.4) is 0 Å². The summed E-state index contributed by atoms with van der Waals surface area (Å²) < 4.78 is 39.7. The molecule has 0 bridgehead atoms. The Balaban J connectivity index is 1.46. The lowest BCUT2D eigenvalue weighted by atomic mass is 9.95. The van der Waals surface area contributed by atoms with Crippen LogP contribution in [0.5, 0.6) is 0 Å². The van der Waals surface area contributed by atoms with Crippen molar-refractivity contribution in [1.29, 1.82) is 0 Å². The molecule has 3 saturated heterocycles. The Hall–Kier alpha value is -0.820. The normalized spacial score (nSPS) is 55.0. The summed E-state index contributed by atoms with van der Waals surface area (Å²) in [6, 6.07) is 0. The maximum absolute atomic E-state index is 11.1. The molecule has 0 radical (unpaired) electrons. The van der Waals surface area contributed by atoms with Crippen molar-refractivity contribution in [3.8, 4) is 0 Å². The number of hydrogen-bond acceptors (Lipinski definition) is 14. The SMILES string of the molecule is CC1OC(C)[C@H](O)C(OC2OC(C)[C@H](O)[C@H](OC3OC(C)[C@H](O)[C@H](OC4C=C[C@@H](O)C(C)O4)[C@@H]3O)[C@@H]2O)[C@@H]1O. The number of hydrogen-bond donors (Lipinski definition) is 7. The summed E-state index contributed by atoms with van der Waals surface area (Å²) in [5.41, 5.74) is 0. The van der Waals surface area contributed by atoms with E-state index in [1.807, 2.05) is 0 Å². The van der Waals surface area contributed by atoms with Crippen LogP contribution >= 0.6 is 0 Å². The van der Waals surface area contributed by atoms with E-state index in [4.69, 9.17) is 33.2 Å². The molecule has 14 heteroatoms. The zero-order valence-corrected chi connectivity index (χ0v) is 22.5. The molecule has 4 aliphatic heterocycles. The van der Waals surface area contributed by atoms with Crippen molar-refractivity contribution in [3.63, 3.8) is 0 Å². The molecule has 0 saturated carbocycles. The summed E-state index contributed by atoms with van der Waals surface area (Å²) in [5.74, 6) is 0. The summed E-state index contributed by atoms with van der Waals surface area (Å²) in [7, 11) is 0. The van der Waals surface area contributed by atoms with E-state index in [2.05, 4.69) is 0 Å². The predicted molar refractivity (Wildman–Crippen MR) is 129 cm³/mol. The minimum absolute atomic E-state index is 0.580. The van der Waals surface area contributed by atoms with Gasteiger partial charge in [-0.25, -0.2) is 0 Å². The summed E-state index contributed by atoms with van der Waals surface area (Å²) in [6.45, 7) is 7.93. The Morgan fingerprint density at radius 3 is 1.26 bits per heavy atom. The molecule has 18 atom stereocenters. The standard InChI is InChI=1S/C25H42O14/c1-8-13(26)6-7-14(34-8)37-22-17(29)11(4)35-24(19(22)31)39-23-18(30)12(5)36-25(20(23)32)38-21-15(27)9(2)33-10(3)16(21)28/h6-32H,1-5H3/t8?,9?,10?,11?,12?,13-,14?,15-,16+,17+,18+,19+,20+,21?,22+,23+,24?,25?/m1/s1. The fourth-order valence-electron chi connectivity index (χ4n) is 5.18. The third-order valence-electron chi connectivity index (χ3n) is 7.80. The second-order valence-corrected chi connectivity index (χ2v) is 10.8. The van der Waals surface area contributed by atoms with Crippen molar-refractivity contribution in [3.05, 3.63) is 12.2 Å². The summed E-state index contributed by atoms with van der Waals surface area (Å²) in [5, 5.41) is 74.4. The summed E-state index contributed by atoms with van der Waals surface area (Å²) >= 11 is 0. The molecule has 0 aromatic carbocycles.